The molecule has 112 valence electrons. The highest BCUT2D eigenvalue weighted by Crippen LogP contribution is 2.42. The summed E-state index contributed by atoms with van der Waals surface area (Å²) in [6, 6.07) is 8.18. The first-order valence-electron chi connectivity index (χ1n) is 6.85. The molecule has 0 amide bonds. The second-order valence-corrected chi connectivity index (χ2v) is 6.30. The number of carbonyl (C=O) groups is 1. The average Bonchev–Trinajstić information content (AvgIpc) is 2.84. The molecule has 0 bridgehead atoms. The minimum Gasteiger partial charge on any atom is -0.462 e. The molecule has 0 saturated carbocycles. The van der Waals surface area contributed by atoms with Crippen LogP contribution in [0.1, 0.15) is 29.1 Å². The van der Waals surface area contributed by atoms with Gasteiger partial charge in [0.2, 0.25) is 0 Å². The molecule has 0 unspecified atom stereocenters. The van der Waals surface area contributed by atoms with Gasteiger partial charge in [0.05, 0.1) is 12.3 Å². The predicted octanol–water partition coefficient (Wildman–Crippen LogP) is 4.46. The first-order chi connectivity index (χ1) is 10.1. The molecule has 5 heteroatoms. The molecule has 1 aromatic carbocycles. The third-order valence-corrected chi connectivity index (χ3v) is 5.27. The third-order valence-electron chi connectivity index (χ3n) is 3.21. The van der Waals surface area contributed by atoms with Crippen molar-refractivity contribution >= 4 is 34.8 Å². The molecule has 0 radical (unpaired) electrons. The Bertz CT molecular complexity index is 650. The van der Waals surface area contributed by atoms with Gasteiger partial charge in [0, 0.05) is 15.3 Å². The number of carbonyl (C=O) groups excluding carboxylic acids is 1. The van der Waals surface area contributed by atoms with Crippen LogP contribution in [0.3, 0.4) is 0 Å². The van der Waals surface area contributed by atoms with E-state index >= 15 is 0 Å². The van der Waals surface area contributed by atoms with Gasteiger partial charge in [0.1, 0.15) is 4.88 Å². The number of benzene rings is 1. The van der Waals surface area contributed by atoms with Gasteiger partial charge in [0.25, 0.3) is 0 Å². The van der Waals surface area contributed by atoms with Crippen LogP contribution in [-0.2, 0) is 11.2 Å². The summed E-state index contributed by atoms with van der Waals surface area (Å²) in [5, 5.41) is 0. The van der Waals surface area contributed by atoms with E-state index in [0.29, 0.717) is 17.2 Å². The minimum absolute atomic E-state index is 0.331. The van der Waals surface area contributed by atoms with Crippen LogP contribution in [0.25, 0.3) is 10.4 Å². The zero-order chi connectivity index (χ0) is 15.4. The number of rotatable bonds is 5. The molecule has 21 heavy (non-hydrogen) atoms. The van der Waals surface area contributed by atoms with Crippen molar-refractivity contribution in [3.63, 3.8) is 0 Å². The standard InChI is InChI=1S/C16H19NO2S2/c1-4-10-13(17)15(16(18)19-5-2)21-14(10)11-8-6-7-9-12(11)20-3/h6-9H,4-5,17H2,1-3H3. The molecule has 2 N–H and O–H groups in total. The summed E-state index contributed by atoms with van der Waals surface area (Å²) < 4.78 is 5.10. The van der Waals surface area contributed by atoms with E-state index in [1.54, 1.807) is 18.7 Å². The summed E-state index contributed by atoms with van der Waals surface area (Å²) >= 11 is 3.12. The van der Waals surface area contributed by atoms with Gasteiger partial charge in [-0.3, -0.25) is 0 Å². The average molecular weight is 321 g/mol. The molecule has 3 nitrogen and oxygen atoms in total. The Labute approximate surface area is 133 Å². The monoisotopic (exact) mass is 321 g/mol. The van der Waals surface area contributed by atoms with E-state index in [1.165, 1.54) is 16.2 Å². The Hall–Kier alpha value is -1.46. The van der Waals surface area contributed by atoms with Gasteiger partial charge in [-0.15, -0.1) is 23.1 Å². The highest BCUT2D eigenvalue weighted by molar-refractivity contribution is 7.98. The van der Waals surface area contributed by atoms with Crippen LogP contribution < -0.4 is 5.73 Å². The highest BCUT2D eigenvalue weighted by Gasteiger charge is 2.22. The molecule has 0 saturated heterocycles. The molecule has 0 aliphatic carbocycles. The van der Waals surface area contributed by atoms with Gasteiger partial charge in [-0.2, -0.15) is 0 Å². The molecule has 0 aliphatic rings. The molecule has 0 atom stereocenters. The van der Waals surface area contributed by atoms with Crippen molar-refractivity contribution in [3.05, 3.63) is 34.7 Å². The van der Waals surface area contributed by atoms with Crippen LogP contribution in [0.5, 0.6) is 0 Å². The summed E-state index contributed by atoms with van der Waals surface area (Å²) in [4.78, 5) is 14.8. The Morgan fingerprint density at radius 3 is 2.67 bits per heavy atom. The van der Waals surface area contributed by atoms with E-state index in [4.69, 9.17) is 10.5 Å². The van der Waals surface area contributed by atoms with Gasteiger partial charge in [-0.1, -0.05) is 25.1 Å². The van der Waals surface area contributed by atoms with E-state index in [0.717, 1.165) is 22.4 Å². The molecule has 1 aromatic heterocycles. The zero-order valence-corrected chi connectivity index (χ0v) is 14.1. The number of thiophene rings is 1. The minimum atomic E-state index is -0.331. The van der Waals surface area contributed by atoms with Crippen molar-refractivity contribution in [2.45, 2.75) is 25.2 Å². The van der Waals surface area contributed by atoms with Gasteiger partial charge in [0.15, 0.2) is 0 Å². The Morgan fingerprint density at radius 1 is 1.33 bits per heavy atom. The molecule has 0 aliphatic heterocycles. The third kappa shape index (κ3) is 3.09. The first kappa shape index (κ1) is 15.9. The van der Waals surface area contributed by atoms with Crippen molar-refractivity contribution in [2.75, 3.05) is 18.6 Å². The normalized spacial score (nSPS) is 10.6. The van der Waals surface area contributed by atoms with Gasteiger partial charge < -0.3 is 10.5 Å². The first-order valence-corrected chi connectivity index (χ1v) is 8.89. The number of ether oxygens (including phenoxy) is 1. The molecular weight excluding hydrogens is 302 g/mol. The van der Waals surface area contributed by atoms with Gasteiger partial charge >= 0.3 is 5.97 Å². The second kappa shape index (κ2) is 7.00. The van der Waals surface area contributed by atoms with Crippen molar-refractivity contribution < 1.29 is 9.53 Å². The van der Waals surface area contributed by atoms with Crippen LogP contribution in [0, 0.1) is 0 Å². The number of hydrogen-bond donors (Lipinski definition) is 1. The number of esters is 1. The SMILES string of the molecule is CCOC(=O)c1sc(-c2ccccc2SC)c(CC)c1N. The maximum Gasteiger partial charge on any atom is 0.350 e. The smallest absolute Gasteiger partial charge is 0.350 e. The second-order valence-electron chi connectivity index (χ2n) is 4.43. The number of anilines is 1. The van der Waals surface area contributed by atoms with Crippen molar-refractivity contribution in [1.29, 1.82) is 0 Å². The fourth-order valence-electron chi connectivity index (χ4n) is 2.23. The number of hydrogen-bond acceptors (Lipinski definition) is 5. The lowest BCUT2D eigenvalue weighted by atomic mass is 10.1. The molecular formula is C16H19NO2S2. The van der Waals surface area contributed by atoms with Gasteiger partial charge in [-0.05, 0) is 31.2 Å². The van der Waals surface area contributed by atoms with Crippen molar-refractivity contribution in [1.82, 2.24) is 0 Å². The topological polar surface area (TPSA) is 52.3 Å². The summed E-state index contributed by atoms with van der Waals surface area (Å²) in [5.74, 6) is -0.331. The number of thioether (sulfide) groups is 1. The van der Waals surface area contributed by atoms with Crippen molar-refractivity contribution in [2.24, 2.45) is 0 Å². The van der Waals surface area contributed by atoms with Crippen molar-refractivity contribution in [3.8, 4) is 10.4 Å². The van der Waals surface area contributed by atoms with Crippen LogP contribution in [0.2, 0.25) is 0 Å². The maximum atomic E-state index is 12.0. The van der Waals surface area contributed by atoms with Crippen LogP contribution >= 0.6 is 23.1 Å². The lowest BCUT2D eigenvalue weighted by Crippen LogP contribution is -2.05. The van der Waals surface area contributed by atoms with Crippen LogP contribution in [0.4, 0.5) is 5.69 Å². The van der Waals surface area contributed by atoms with Crippen LogP contribution in [0.15, 0.2) is 29.2 Å². The molecule has 1 heterocycles. The fraction of sp³-hybridized carbons (Fsp3) is 0.312. The quantitative estimate of drug-likeness (QED) is 0.652. The Balaban J connectivity index is 2.58. The van der Waals surface area contributed by atoms with E-state index in [-0.39, 0.29) is 5.97 Å². The van der Waals surface area contributed by atoms with E-state index in [9.17, 15) is 4.79 Å². The molecule has 0 spiro atoms. The molecule has 2 aromatic rings. The van der Waals surface area contributed by atoms with E-state index in [2.05, 4.69) is 19.1 Å². The summed E-state index contributed by atoms with van der Waals surface area (Å²) in [5.41, 5.74) is 8.90. The van der Waals surface area contributed by atoms with E-state index in [1.807, 2.05) is 18.4 Å². The Morgan fingerprint density at radius 2 is 2.05 bits per heavy atom. The summed E-state index contributed by atoms with van der Waals surface area (Å²) in [6.07, 6.45) is 2.84. The lowest BCUT2D eigenvalue weighted by Gasteiger charge is -2.07. The largest absolute Gasteiger partial charge is 0.462 e. The lowest BCUT2D eigenvalue weighted by molar-refractivity contribution is 0.0533. The predicted molar refractivity (Wildman–Crippen MR) is 91.3 cm³/mol. The molecule has 2 rings (SSSR count). The van der Waals surface area contributed by atoms with Gasteiger partial charge in [-0.25, -0.2) is 4.79 Å². The molecule has 0 fully saturated rings. The van der Waals surface area contributed by atoms with E-state index < -0.39 is 0 Å². The summed E-state index contributed by atoms with van der Waals surface area (Å²) in [7, 11) is 0. The Kier molecular flexibility index (Phi) is 5.31. The van der Waals surface area contributed by atoms with Crippen LogP contribution in [-0.4, -0.2) is 18.8 Å². The highest BCUT2D eigenvalue weighted by atomic mass is 32.2. The number of nitrogens with two attached hydrogens (primary N) is 1. The maximum absolute atomic E-state index is 12.0. The zero-order valence-electron chi connectivity index (χ0n) is 12.4. The summed E-state index contributed by atoms with van der Waals surface area (Å²) in [6.45, 7) is 4.21. The fourth-order valence-corrected chi connectivity index (χ4v) is 4.14. The number of nitrogen functional groups attached to an aromatic ring is 1.